The molecule has 0 radical (unpaired) electrons. The number of aryl methyl sites for hydroxylation is 2. The van der Waals surface area contributed by atoms with Crippen molar-refractivity contribution in [3.63, 3.8) is 0 Å². The topological polar surface area (TPSA) is 79.4 Å². The van der Waals surface area contributed by atoms with E-state index in [0.717, 1.165) is 16.2 Å². The quantitative estimate of drug-likeness (QED) is 0.751. The average molecular weight is 420 g/mol. The molecule has 1 aliphatic rings. The van der Waals surface area contributed by atoms with Gasteiger partial charge < -0.3 is 5.32 Å². The molecule has 150 valence electrons. The highest BCUT2D eigenvalue weighted by atomic mass is 32.2. The second kappa shape index (κ2) is 8.63. The number of nitrogens with one attached hydrogen (secondary N) is 1. The molecule has 0 atom stereocenters. The Balaban J connectivity index is 1.62. The zero-order valence-corrected chi connectivity index (χ0v) is 17.9. The Bertz CT molecular complexity index is 951. The second-order valence-electron chi connectivity index (χ2n) is 7.03. The molecular formula is C20H25N3O3S2. The van der Waals surface area contributed by atoms with Gasteiger partial charge >= 0.3 is 0 Å². The van der Waals surface area contributed by atoms with Gasteiger partial charge in [-0.25, -0.2) is 13.4 Å². The molecule has 1 N–H and O–H groups in total. The fourth-order valence-electron chi connectivity index (χ4n) is 3.41. The highest BCUT2D eigenvalue weighted by Gasteiger charge is 2.32. The van der Waals surface area contributed by atoms with Crippen LogP contribution in [-0.4, -0.2) is 43.0 Å². The van der Waals surface area contributed by atoms with E-state index in [0.29, 0.717) is 36.5 Å². The van der Waals surface area contributed by atoms with Crippen molar-refractivity contribution in [2.24, 2.45) is 5.92 Å². The maximum atomic E-state index is 13.0. The number of aromatic nitrogens is 1. The lowest BCUT2D eigenvalue weighted by molar-refractivity contribution is -0.120. The van der Waals surface area contributed by atoms with E-state index in [-0.39, 0.29) is 11.8 Å². The summed E-state index contributed by atoms with van der Waals surface area (Å²) in [5.41, 5.74) is 2.45. The van der Waals surface area contributed by atoms with Gasteiger partial charge in [0.1, 0.15) is 0 Å². The summed E-state index contributed by atoms with van der Waals surface area (Å²) in [6, 6.07) is 9.06. The number of rotatable bonds is 5. The van der Waals surface area contributed by atoms with E-state index in [1.54, 1.807) is 24.0 Å². The van der Waals surface area contributed by atoms with Crippen molar-refractivity contribution in [2.45, 2.75) is 36.6 Å². The molecule has 1 aliphatic heterocycles. The molecule has 1 aromatic heterocycles. The van der Waals surface area contributed by atoms with Gasteiger partial charge in [-0.3, -0.25) is 4.79 Å². The Morgan fingerprint density at radius 3 is 2.46 bits per heavy atom. The van der Waals surface area contributed by atoms with Crippen LogP contribution in [0.15, 0.2) is 46.5 Å². The lowest BCUT2D eigenvalue weighted by Crippen LogP contribution is -2.41. The predicted octanol–water partition coefficient (Wildman–Crippen LogP) is 3.46. The fraction of sp³-hybridized carbons (Fsp3) is 0.400. The van der Waals surface area contributed by atoms with Crippen LogP contribution in [0.3, 0.4) is 0 Å². The molecule has 0 aliphatic carbocycles. The summed E-state index contributed by atoms with van der Waals surface area (Å²) >= 11 is 1.54. The molecule has 1 amide bonds. The summed E-state index contributed by atoms with van der Waals surface area (Å²) in [6.07, 6.45) is 4.60. The van der Waals surface area contributed by atoms with E-state index in [4.69, 9.17) is 0 Å². The third-order valence-electron chi connectivity index (χ3n) is 4.99. The van der Waals surface area contributed by atoms with Crippen LogP contribution in [0.5, 0.6) is 0 Å². The van der Waals surface area contributed by atoms with E-state index in [9.17, 15) is 13.2 Å². The third-order valence-corrected chi connectivity index (χ3v) is 7.70. The molecule has 1 aromatic carbocycles. The van der Waals surface area contributed by atoms with Gasteiger partial charge in [0.05, 0.1) is 21.8 Å². The van der Waals surface area contributed by atoms with Crippen molar-refractivity contribution in [3.05, 3.63) is 47.7 Å². The Morgan fingerprint density at radius 2 is 1.89 bits per heavy atom. The second-order valence-corrected chi connectivity index (χ2v) is 9.76. The smallest absolute Gasteiger partial charge is 0.243 e. The minimum absolute atomic E-state index is 0.0812. The number of sulfonamides is 1. The van der Waals surface area contributed by atoms with E-state index in [1.807, 2.05) is 44.4 Å². The van der Waals surface area contributed by atoms with Crippen LogP contribution < -0.4 is 5.32 Å². The zero-order valence-electron chi connectivity index (χ0n) is 16.3. The van der Waals surface area contributed by atoms with Gasteiger partial charge in [-0.15, -0.1) is 11.8 Å². The van der Waals surface area contributed by atoms with Crippen LogP contribution in [0.25, 0.3) is 0 Å². The molecule has 0 unspecified atom stereocenters. The molecule has 2 aromatic rings. The first-order valence-electron chi connectivity index (χ1n) is 9.19. The van der Waals surface area contributed by atoms with Crippen molar-refractivity contribution in [3.8, 4) is 0 Å². The molecule has 1 saturated heterocycles. The normalized spacial score (nSPS) is 16.1. The number of piperidine rings is 1. The lowest BCUT2D eigenvalue weighted by Gasteiger charge is -2.31. The van der Waals surface area contributed by atoms with Crippen LogP contribution in [0.2, 0.25) is 0 Å². The van der Waals surface area contributed by atoms with Gasteiger partial charge in [0.15, 0.2) is 0 Å². The number of benzene rings is 1. The molecule has 0 spiro atoms. The number of nitrogens with zero attached hydrogens (tertiary/aromatic N) is 2. The van der Waals surface area contributed by atoms with Crippen molar-refractivity contribution in [1.82, 2.24) is 9.29 Å². The van der Waals surface area contributed by atoms with Gasteiger partial charge in [-0.2, -0.15) is 4.31 Å². The molecule has 0 bridgehead atoms. The van der Waals surface area contributed by atoms with Crippen molar-refractivity contribution in [2.75, 3.05) is 24.7 Å². The molecule has 3 rings (SSSR count). The Labute approximate surface area is 170 Å². The van der Waals surface area contributed by atoms with E-state index in [2.05, 4.69) is 10.3 Å². The van der Waals surface area contributed by atoms with Crippen molar-refractivity contribution < 1.29 is 13.2 Å². The largest absolute Gasteiger partial charge is 0.324 e. The third kappa shape index (κ3) is 4.56. The molecule has 28 heavy (non-hydrogen) atoms. The first-order valence-corrected chi connectivity index (χ1v) is 11.9. The SMILES string of the molecule is CSc1ccc(NC(=O)C2CCN(S(=O)(=O)c3ccc(C)cc3C)CC2)cn1. The Morgan fingerprint density at radius 1 is 1.18 bits per heavy atom. The number of pyridine rings is 1. The Hall–Kier alpha value is -1.90. The molecule has 1 fully saturated rings. The molecule has 2 heterocycles. The fourth-order valence-corrected chi connectivity index (χ4v) is 5.44. The van der Waals surface area contributed by atoms with Crippen molar-refractivity contribution >= 4 is 33.4 Å². The maximum absolute atomic E-state index is 13.0. The van der Waals surface area contributed by atoms with Gasteiger partial charge in [0.25, 0.3) is 0 Å². The van der Waals surface area contributed by atoms with Gasteiger partial charge in [0.2, 0.25) is 15.9 Å². The predicted molar refractivity (Wildman–Crippen MR) is 112 cm³/mol. The molecule has 0 saturated carbocycles. The van der Waals surface area contributed by atoms with Crippen LogP contribution in [0.4, 0.5) is 5.69 Å². The number of thioether (sulfide) groups is 1. The molecular weight excluding hydrogens is 394 g/mol. The number of hydrogen-bond donors (Lipinski definition) is 1. The highest BCUT2D eigenvalue weighted by Crippen LogP contribution is 2.27. The van der Waals surface area contributed by atoms with E-state index >= 15 is 0 Å². The summed E-state index contributed by atoms with van der Waals surface area (Å²) in [7, 11) is -3.54. The average Bonchev–Trinajstić information content (AvgIpc) is 2.68. The maximum Gasteiger partial charge on any atom is 0.243 e. The van der Waals surface area contributed by atoms with Crippen molar-refractivity contribution in [1.29, 1.82) is 0 Å². The van der Waals surface area contributed by atoms with Crippen LogP contribution in [-0.2, 0) is 14.8 Å². The summed E-state index contributed by atoms with van der Waals surface area (Å²) in [5, 5.41) is 3.78. The first-order chi connectivity index (χ1) is 13.3. The van der Waals surface area contributed by atoms with Gasteiger partial charge in [-0.1, -0.05) is 17.7 Å². The van der Waals surface area contributed by atoms with Crippen LogP contribution >= 0.6 is 11.8 Å². The number of amides is 1. The van der Waals surface area contributed by atoms with E-state index < -0.39 is 10.0 Å². The molecule has 6 nitrogen and oxygen atoms in total. The number of anilines is 1. The molecule has 8 heteroatoms. The zero-order chi connectivity index (χ0) is 20.3. The summed E-state index contributed by atoms with van der Waals surface area (Å²) in [4.78, 5) is 17.1. The number of carbonyl (C=O) groups excluding carboxylic acids is 1. The lowest BCUT2D eigenvalue weighted by atomic mass is 9.97. The van der Waals surface area contributed by atoms with E-state index in [1.165, 1.54) is 4.31 Å². The van der Waals surface area contributed by atoms with Crippen LogP contribution in [0, 0.1) is 19.8 Å². The minimum Gasteiger partial charge on any atom is -0.324 e. The summed E-state index contributed by atoms with van der Waals surface area (Å²) in [5.74, 6) is -0.284. The Kier molecular flexibility index (Phi) is 6.42. The summed E-state index contributed by atoms with van der Waals surface area (Å²) < 4.78 is 27.4. The number of hydrogen-bond acceptors (Lipinski definition) is 5. The van der Waals surface area contributed by atoms with Gasteiger partial charge in [-0.05, 0) is 56.7 Å². The monoisotopic (exact) mass is 419 g/mol. The summed E-state index contributed by atoms with van der Waals surface area (Å²) in [6.45, 7) is 4.45. The first kappa shape index (κ1) is 20.8. The van der Waals surface area contributed by atoms with Crippen LogP contribution in [0.1, 0.15) is 24.0 Å². The van der Waals surface area contributed by atoms with Gasteiger partial charge in [0, 0.05) is 19.0 Å². The number of carbonyl (C=O) groups is 1. The minimum atomic E-state index is -3.54. The standard InChI is InChI=1S/C20H25N3O3S2/c1-14-4-6-18(15(2)12-14)28(25,26)23-10-8-16(9-11-23)20(24)22-17-5-7-19(27-3)21-13-17/h4-7,12-13,16H,8-11H2,1-3H3,(H,22,24). The highest BCUT2D eigenvalue weighted by molar-refractivity contribution is 7.98.